The van der Waals surface area contributed by atoms with Gasteiger partial charge in [0.05, 0.1) is 16.8 Å². The van der Waals surface area contributed by atoms with E-state index in [0.717, 1.165) is 27.5 Å². The molecule has 1 aromatic heterocycles. The number of aromatic nitrogens is 1. The summed E-state index contributed by atoms with van der Waals surface area (Å²) in [6, 6.07) is 21.8. The molecule has 0 saturated heterocycles. The Bertz CT molecular complexity index is 1180. The van der Waals surface area contributed by atoms with Crippen LogP contribution < -0.4 is 0 Å². The first-order chi connectivity index (χ1) is 13.2. The van der Waals surface area contributed by atoms with E-state index in [9.17, 15) is 4.79 Å². The first-order valence-electron chi connectivity index (χ1n) is 8.85. The minimum Gasteiger partial charge on any atom is -0.458 e. The van der Waals surface area contributed by atoms with Crippen LogP contribution in [0, 0.1) is 6.92 Å². The van der Waals surface area contributed by atoms with Crippen molar-refractivity contribution < 1.29 is 9.53 Å². The molecular weight excluding hydrogens is 334 g/mol. The second-order valence-electron chi connectivity index (χ2n) is 6.43. The highest BCUT2D eigenvalue weighted by Crippen LogP contribution is 2.32. The standard InChI is InChI=1S/C24H19NO2/c1-3-14-27-24(26)21-15-23(25-22-11-7-6-10-19(21)22)20-13-12-16(2)17-8-4-5-9-18(17)20/h3-13,15H,1,14H2,2H3. The molecule has 3 nitrogen and oxygen atoms in total. The molecule has 0 spiro atoms. The van der Waals surface area contributed by atoms with Crippen LogP contribution in [-0.2, 0) is 4.74 Å². The summed E-state index contributed by atoms with van der Waals surface area (Å²) in [5, 5.41) is 3.08. The van der Waals surface area contributed by atoms with Crippen LogP contribution in [-0.4, -0.2) is 17.6 Å². The molecular formula is C24H19NO2. The molecule has 3 heteroatoms. The predicted octanol–water partition coefficient (Wildman–Crippen LogP) is 5.71. The van der Waals surface area contributed by atoms with Gasteiger partial charge >= 0.3 is 5.97 Å². The second kappa shape index (κ2) is 7.04. The molecule has 4 rings (SSSR count). The molecule has 0 unspecified atom stereocenters. The largest absolute Gasteiger partial charge is 0.458 e. The number of carbonyl (C=O) groups excluding carboxylic acids is 1. The number of rotatable bonds is 4. The maximum absolute atomic E-state index is 12.6. The highest BCUT2D eigenvalue weighted by molar-refractivity contribution is 6.06. The number of carbonyl (C=O) groups is 1. The Morgan fingerprint density at radius 3 is 2.48 bits per heavy atom. The summed E-state index contributed by atoms with van der Waals surface area (Å²) in [4.78, 5) is 17.4. The minimum atomic E-state index is -0.369. The second-order valence-corrected chi connectivity index (χ2v) is 6.43. The van der Waals surface area contributed by atoms with Crippen LogP contribution in [0.25, 0.3) is 32.9 Å². The van der Waals surface area contributed by atoms with E-state index < -0.39 is 0 Å². The molecule has 132 valence electrons. The Morgan fingerprint density at radius 1 is 1.00 bits per heavy atom. The van der Waals surface area contributed by atoms with Crippen molar-refractivity contribution in [1.82, 2.24) is 4.98 Å². The SMILES string of the molecule is C=CCOC(=O)c1cc(-c2ccc(C)c3ccccc23)nc2ccccc12. The molecule has 0 N–H and O–H groups in total. The molecule has 0 bridgehead atoms. The summed E-state index contributed by atoms with van der Waals surface area (Å²) in [5.74, 6) is -0.369. The van der Waals surface area contributed by atoms with Crippen molar-refractivity contribution in [3.8, 4) is 11.3 Å². The maximum atomic E-state index is 12.6. The van der Waals surface area contributed by atoms with E-state index in [0.29, 0.717) is 5.56 Å². The summed E-state index contributed by atoms with van der Waals surface area (Å²) in [6.07, 6.45) is 1.57. The number of fused-ring (bicyclic) bond motifs is 2. The average Bonchev–Trinajstić information content (AvgIpc) is 2.71. The van der Waals surface area contributed by atoms with E-state index in [1.807, 2.05) is 42.5 Å². The van der Waals surface area contributed by atoms with Crippen molar-refractivity contribution in [2.45, 2.75) is 6.92 Å². The topological polar surface area (TPSA) is 39.2 Å². The third-order valence-corrected chi connectivity index (χ3v) is 4.69. The van der Waals surface area contributed by atoms with Gasteiger partial charge in [-0.25, -0.2) is 9.78 Å². The van der Waals surface area contributed by atoms with Crippen LogP contribution in [0.1, 0.15) is 15.9 Å². The molecule has 1 heterocycles. The lowest BCUT2D eigenvalue weighted by Crippen LogP contribution is -2.07. The fourth-order valence-electron chi connectivity index (χ4n) is 3.37. The van der Waals surface area contributed by atoms with Gasteiger partial charge in [-0.1, -0.05) is 67.3 Å². The van der Waals surface area contributed by atoms with Gasteiger partial charge in [0.25, 0.3) is 0 Å². The minimum absolute atomic E-state index is 0.179. The van der Waals surface area contributed by atoms with Gasteiger partial charge in [-0.15, -0.1) is 0 Å². The van der Waals surface area contributed by atoms with E-state index in [1.54, 1.807) is 6.08 Å². The Hall–Kier alpha value is -3.46. The molecule has 27 heavy (non-hydrogen) atoms. The Labute approximate surface area is 157 Å². The van der Waals surface area contributed by atoms with Crippen LogP contribution in [0.4, 0.5) is 0 Å². The van der Waals surface area contributed by atoms with Gasteiger partial charge in [-0.2, -0.15) is 0 Å². The summed E-state index contributed by atoms with van der Waals surface area (Å²) in [6.45, 7) is 5.88. The first kappa shape index (κ1) is 17.0. The van der Waals surface area contributed by atoms with Crippen LogP contribution in [0.5, 0.6) is 0 Å². The quantitative estimate of drug-likeness (QED) is 0.349. The van der Waals surface area contributed by atoms with Crippen molar-refractivity contribution in [2.75, 3.05) is 6.61 Å². The zero-order valence-electron chi connectivity index (χ0n) is 15.1. The Kier molecular flexibility index (Phi) is 4.43. The lowest BCUT2D eigenvalue weighted by atomic mass is 9.96. The average molecular weight is 353 g/mol. The number of pyridine rings is 1. The van der Waals surface area contributed by atoms with E-state index in [2.05, 4.69) is 37.8 Å². The number of para-hydroxylation sites is 1. The Morgan fingerprint density at radius 2 is 1.70 bits per heavy atom. The highest BCUT2D eigenvalue weighted by Gasteiger charge is 2.16. The number of nitrogens with zero attached hydrogens (tertiary/aromatic N) is 1. The number of aryl methyl sites for hydroxylation is 1. The van der Waals surface area contributed by atoms with Gasteiger partial charge < -0.3 is 4.74 Å². The molecule has 3 aromatic carbocycles. The van der Waals surface area contributed by atoms with Crippen LogP contribution in [0.3, 0.4) is 0 Å². The van der Waals surface area contributed by atoms with Gasteiger partial charge in [0, 0.05) is 10.9 Å². The molecule has 0 amide bonds. The zero-order chi connectivity index (χ0) is 18.8. The lowest BCUT2D eigenvalue weighted by molar-refractivity contribution is 0.0552. The number of esters is 1. The summed E-state index contributed by atoms with van der Waals surface area (Å²) in [5.41, 5.74) is 4.25. The molecule has 0 aliphatic carbocycles. The highest BCUT2D eigenvalue weighted by atomic mass is 16.5. The first-order valence-corrected chi connectivity index (χ1v) is 8.85. The summed E-state index contributed by atoms with van der Waals surface area (Å²) in [7, 11) is 0. The number of benzene rings is 3. The summed E-state index contributed by atoms with van der Waals surface area (Å²) < 4.78 is 5.30. The van der Waals surface area contributed by atoms with Crippen LogP contribution >= 0.6 is 0 Å². The van der Waals surface area contributed by atoms with Crippen molar-refractivity contribution >= 4 is 27.6 Å². The van der Waals surface area contributed by atoms with Crippen LogP contribution in [0.15, 0.2) is 79.4 Å². The molecule has 0 aliphatic rings. The fourth-order valence-corrected chi connectivity index (χ4v) is 3.37. The van der Waals surface area contributed by atoms with Crippen molar-refractivity contribution in [2.24, 2.45) is 0 Å². The zero-order valence-corrected chi connectivity index (χ0v) is 15.1. The van der Waals surface area contributed by atoms with Gasteiger partial charge in [-0.05, 0) is 35.4 Å². The van der Waals surface area contributed by atoms with Crippen molar-refractivity contribution in [1.29, 1.82) is 0 Å². The van der Waals surface area contributed by atoms with Gasteiger partial charge in [-0.3, -0.25) is 0 Å². The van der Waals surface area contributed by atoms with Crippen molar-refractivity contribution in [3.05, 3.63) is 90.5 Å². The molecule has 0 atom stereocenters. The van der Waals surface area contributed by atoms with E-state index in [1.165, 1.54) is 10.9 Å². The smallest absolute Gasteiger partial charge is 0.339 e. The van der Waals surface area contributed by atoms with Crippen LogP contribution in [0.2, 0.25) is 0 Å². The number of hydrogen-bond donors (Lipinski definition) is 0. The van der Waals surface area contributed by atoms with E-state index in [4.69, 9.17) is 9.72 Å². The lowest BCUT2D eigenvalue weighted by Gasteiger charge is -2.12. The molecule has 4 aromatic rings. The fraction of sp³-hybridized carbons (Fsp3) is 0.0833. The normalized spacial score (nSPS) is 10.9. The maximum Gasteiger partial charge on any atom is 0.339 e. The molecule has 0 saturated carbocycles. The monoisotopic (exact) mass is 353 g/mol. The summed E-state index contributed by atoms with van der Waals surface area (Å²) >= 11 is 0. The molecule has 0 radical (unpaired) electrons. The van der Waals surface area contributed by atoms with E-state index >= 15 is 0 Å². The third-order valence-electron chi connectivity index (χ3n) is 4.69. The van der Waals surface area contributed by atoms with Gasteiger partial charge in [0.15, 0.2) is 0 Å². The molecule has 0 aliphatic heterocycles. The third kappa shape index (κ3) is 3.08. The van der Waals surface area contributed by atoms with E-state index in [-0.39, 0.29) is 12.6 Å². The number of ether oxygens (including phenoxy) is 1. The Balaban J connectivity index is 1.97. The van der Waals surface area contributed by atoms with Crippen molar-refractivity contribution in [3.63, 3.8) is 0 Å². The van der Waals surface area contributed by atoms with Gasteiger partial charge in [0.1, 0.15) is 6.61 Å². The molecule has 0 fully saturated rings. The number of hydrogen-bond acceptors (Lipinski definition) is 3. The predicted molar refractivity (Wildman–Crippen MR) is 110 cm³/mol. The van der Waals surface area contributed by atoms with Gasteiger partial charge in [0.2, 0.25) is 0 Å².